The van der Waals surface area contributed by atoms with Gasteiger partial charge in [0.2, 0.25) is 5.89 Å². The Morgan fingerprint density at radius 2 is 1.73 bits per heavy atom. The molecular formula is C24H27N5O. The van der Waals surface area contributed by atoms with Gasteiger partial charge in [-0.15, -0.1) is 10.2 Å². The van der Waals surface area contributed by atoms with E-state index in [1.807, 2.05) is 54.6 Å². The lowest BCUT2D eigenvalue weighted by atomic mass is 9.91. The minimum atomic E-state index is -0.0342. The maximum absolute atomic E-state index is 6.21. The van der Waals surface area contributed by atoms with Gasteiger partial charge in [-0.25, -0.2) is 4.98 Å². The van der Waals surface area contributed by atoms with Gasteiger partial charge >= 0.3 is 0 Å². The first-order chi connectivity index (χ1) is 14.8. The lowest BCUT2D eigenvalue weighted by Gasteiger charge is -2.19. The number of aryl methyl sites for hydroxylation is 1. The first-order valence-electron chi connectivity index (χ1n) is 10.7. The molecule has 0 radical (unpaired) electrons. The fourth-order valence-corrected chi connectivity index (χ4v) is 3.77. The topological polar surface area (TPSA) is 76.7 Å². The predicted molar refractivity (Wildman–Crippen MR) is 119 cm³/mol. The molecule has 4 rings (SSSR count). The molecule has 6 nitrogen and oxygen atoms in total. The zero-order valence-electron chi connectivity index (χ0n) is 17.5. The van der Waals surface area contributed by atoms with Crippen molar-refractivity contribution < 1.29 is 4.42 Å². The summed E-state index contributed by atoms with van der Waals surface area (Å²) in [5, 5.41) is 16.2. The van der Waals surface area contributed by atoms with Crippen molar-refractivity contribution in [3.05, 3.63) is 71.7 Å². The maximum atomic E-state index is 6.21. The Morgan fingerprint density at radius 3 is 2.50 bits per heavy atom. The third kappa shape index (κ3) is 4.32. The molecule has 154 valence electrons. The Hall–Kier alpha value is -3.28. The highest BCUT2D eigenvalue weighted by molar-refractivity contribution is 5.72. The summed E-state index contributed by atoms with van der Waals surface area (Å²) < 4.78 is 6.21. The van der Waals surface area contributed by atoms with E-state index in [1.54, 1.807) is 0 Å². The largest absolute Gasteiger partial charge is 0.440 e. The number of unbranched alkanes of at least 4 members (excludes halogenated alkanes) is 2. The molecule has 30 heavy (non-hydrogen) atoms. The van der Waals surface area contributed by atoms with E-state index in [0.29, 0.717) is 5.89 Å². The van der Waals surface area contributed by atoms with Crippen LogP contribution in [0.3, 0.4) is 0 Å². The molecule has 0 aliphatic carbocycles. The quantitative estimate of drug-likeness (QED) is 0.345. The third-order valence-corrected chi connectivity index (χ3v) is 5.30. The summed E-state index contributed by atoms with van der Waals surface area (Å²) in [7, 11) is 0. The molecule has 0 saturated carbocycles. The third-order valence-electron chi connectivity index (χ3n) is 5.30. The van der Waals surface area contributed by atoms with E-state index in [1.165, 1.54) is 0 Å². The number of nitrogens with one attached hydrogen (secondary N) is 1. The van der Waals surface area contributed by atoms with E-state index >= 15 is 0 Å². The second-order valence-electron chi connectivity index (χ2n) is 7.41. The molecular weight excluding hydrogens is 374 g/mol. The van der Waals surface area contributed by atoms with Crippen LogP contribution < -0.4 is 5.32 Å². The van der Waals surface area contributed by atoms with Crippen molar-refractivity contribution in [3.8, 4) is 0 Å². The lowest BCUT2D eigenvalue weighted by molar-refractivity contribution is 0.469. The fourth-order valence-electron chi connectivity index (χ4n) is 3.77. The first kappa shape index (κ1) is 20.0. The van der Waals surface area contributed by atoms with Crippen LogP contribution >= 0.6 is 0 Å². The molecule has 0 aliphatic heterocycles. The van der Waals surface area contributed by atoms with Gasteiger partial charge in [-0.2, -0.15) is 0 Å². The summed E-state index contributed by atoms with van der Waals surface area (Å²) >= 11 is 0. The lowest BCUT2D eigenvalue weighted by Crippen LogP contribution is -2.13. The number of hydrogen-bond donors (Lipinski definition) is 1. The summed E-state index contributed by atoms with van der Waals surface area (Å²) in [5.41, 5.74) is 4.59. The molecule has 6 heteroatoms. The number of benzene rings is 2. The van der Waals surface area contributed by atoms with Gasteiger partial charge in [0.05, 0.1) is 11.6 Å². The highest BCUT2D eigenvalue weighted by Crippen LogP contribution is 2.37. The van der Waals surface area contributed by atoms with Crippen LogP contribution in [0.25, 0.3) is 11.1 Å². The first-order valence-corrected chi connectivity index (χ1v) is 10.7. The fraction of sp³-hybridized carbons (Fsp3) is 0.333. The molecule has 4 aromatic rings. The van der Waals surface area contributed by atoms with Crippen LogP contribution in [-0.2, 0) is 6.42 Å². The molecule has 2 heterocycles. The van der Waals surface area contributed by atoms with E-state index in [0.717, 1.165) is 66.0 Å². The van der Waals surface area contributed by atoms with Gasteiger partial charge in [0.1, 0.15) is 5.52 Å². The number of oxazole rings is 1. The molecule has 0 fully saturated rings. The molecule has 0 amide bonds. The van der Waals surface area contributed by atoms with Crippen molar-refractivity contribution >= 4 is 22.6 Å². The minimum absolute atomic E-state index is 0.0342. The highest BCUT2D eigenvalue weighted by atomic mass is 16.3. The monoisotopic (exact) mass is 401 g/mol. The van der Waals surface area contributed by atoms with Crippen LogP contribution in [0.4, 0.5) is 11.5 Å². The summed E-state index contributed by atoms with van der Waals surface area (Å²) in [4.78, 5) is 4.82. The minimum Gasteiger partial charge on any atom is -0.440 e. The van der Waals surface area contributed by atoms with E-state index in [-0.39, 0.29) is 5.92 Å². The number of anilines is 2. The van der Waals surface area contributed by atoms with Crippen LogP contribution in [0.15, 0.2) is 59.0 Å². The van der Waals surface area contributed by atoms with Gasteiger partial charge in [-0.1, -0.05) is 63.4 Å². The van der Waals surface area contributed by atoms with Crippen LogP contribution in [0.5, 0.6) is 0 Å². The summed E-state index contributed by atoms with van der Waals surface area (Å²) in [6.07, 6.45) is 5.08. The summed E-state index contributed by atoms with van der Waals surface area (Å²) in [5.74, 6) is 1.40. The van der Waals surface area contributed by atoms with Crippen LogP contribution in [0.2, 0.25) is 0 Å². The van der Waals surface area contributed by atoms with E-state index < -0.39 is 0 Å². The molecule has 0 saturated heterocycles. The average molecular weight is 402 g/mol. The normalized spacial score (nSPS) is 12.2. The number of rotatable bonds is 9. The molecule has 0 aliphatic rings. The van der Waals surface area contributed by atoms with E-state index in [2.05, 4.69) is 34.6 Å². The number of aromatic nitrogens is 4. The van der Waals surface area contributed by atoms with Crippen LogP contribution in [0.1, 0.15) is 62.6 Å². The zero-order valence-corrected chi connectivity index (χ0v) is 17.5. The SMILES string of the molecule is CCCCCC(c1nc2ccccc2o1)c1c(CC)nnnc1Nc1ccccc1. The maximum Gasteiger partial charge on any atom is 0.203 e. The molecule has 1 N–H and O–H groups in total. The number of para-hydroxylation sites is 3. The molecule has 2 aromatic heterocycles. The Labute approximate surface area is 176 Å². The van der Waals surface area contributed by atoms with Crippen molar-refractivity contribution in [1.82, 2.24) is 20.4 Å². The smallest absolute Gasteiger partial charge is 0.203 e. The Kier molecular flexibility index (Phi) is 6.32. The van der Waals surface area contributed by atoms with Gasteiger partial charge in [0.15, 0.2) is 11.4 Å². The molecule has 0 spiro atoms. The van der Waals surface area contributed by atoms with Gasteiger partial charge < -0.3 is 9.73 Å². The van der Waals surface area contributed by atoms with E-state index in [4.69, 9.17) is 9.40 Å². The van der Waals surface area contributed by atoms with Crippen molar-refractivity contribution in [2.45, 2.75) is 51.9 Å². The second-order valence-corrected chi connectivity index (χ2v) is 7.41. The summed E-state index contributed by atoms with van der Waals surface area (Å²) in [6.45, 7) is 4.30. The predicted octanol–water partition coefficient (Wildman–Crippen LogP) is 6.03. The van der Waals surface area contributed by atoms with Crippen molar-refractivity contribution in [2.24, 2.45) is 0 Å². The number of hydrogen-bond acceptors (Lipinski definition) is 6. The van der Waals surface area contributed by atoms with Crippen molar-refractivity contribution in [1.29, 1.82) is 0 Å². The standard InChI is InChI=1S/C24H27N5O/c1-3-5-7-14-18(24-26-20-15-10-11-16-21(20)30-24)22-19(4-2)27-29-28-23(22)25-17-12-8-6-9-13-17/h6,8-13,15-16,18H,3-5,7,14H2,1-2H3,(H,25,27,28). The van der Waals surface area contributed by atoms with Gasteiger partial charge in [-0.05, 0) is 42.3 Å². The van der Waals surface area contributed by atoms with Gasteiger partial charge in [-0.3, -0.25) is 0 Å². The number of fused-ring (bicyclic) bond motifs is 1. The average Bonchev–Trinajstić information content (AvgIpc) is 3.22. The molecule has 1 atom stereocenters. The highest BCUT2D eigenvalue weighted by Gasteiger charge is 2.27. The Bertz CT molecular complexity index is 1060. The Balaban J connectivity index is 1.80. The van der Waals surface area contributed by atoms with Crippen LogP contribution in [0, 0.1) is 0 Å². The molecule has 2 aromatic carbocycles. The van der Waals surface area contributed by atoms with Crippen LogP contribution in [-0.4, -0.2) is 20.4 Å². The zero-order chi connectivity index (χ0) is 20.8. The molecule has 1 unspecified atom stereocenters. The van der Waals surface area contributed by atoms with Crippen molar-refractivity contribution in [2.75, 3.05) is 5.32 Å². The number of nitrogens with zero attached hydrogens (tertiary/aromatic N) is 4. The van der Waals surface area contributed by atoms with E-state index in [9.17, 15) is 0 Å². The van der Waals surface area contributed by atoms with Crippen molar-refractivity contribution in [3.63, 3.8) is 0 Å². The summed E-state index contributed by atoms with van der Waals surface area (Å²) in [6, 6.07) is 17.9. The second kappa shape index (κ2) is 9.48. The van der Waals surface area contributed by atoms with Gasteiger partial charge in [0, 0.05) is 11.3 Å². The molecule has 0 bridgehead atoms. The Morgan fingerprint density at radius 1 is 0.933 bits per heavy atom. The van der Waals surface area contributed by atoms with Gasteiger partial charge in [0.25, 0.3) is 0 Å².